The molecule has 1 aromatic carbocycles. The molecule has 0 fully saturated rings. The molecule has 2 aromatic rings. The van der Waals surface area contributed by atoms with Crippen LogP contribution in [0.1, 0.15) is 23.6 Å². The van der Waals surface area contributed by atoms with Crippen molar-refractivity contribution in [2.24, 2.45) is 5.84 Å². The van der Waals surface area contributed by atoms with Crippen LogP contribution in [-0.4, -0.2) is 0 Å². The molecule has 0 aliphatic carbocycles. The number of hydrazine groups is 1. The van der Waals surface area contributed by atoms with Gasteiger partial charge in [-0.3, -0.25) is 11.3 Å². The van der Waals surface area contributed by atoms with Gasteiger partial charge in [0.2, 0.25) is 0 Å². The predicted molar refractivity (Wildman–Crippen MR) is 76.8 cm³/mol. The van der Waals surface area contributed by atoms with Gasteiger partial charge in [0.15, 0.2) is 0 Å². The zero-order chi connectivity index (χ0) is 13.0. The van der Waals surface area contributed by atoms with Crippen molar-refractivity contribution in [3.63, 3.8) is 0 Å². The first kappa shape index (κ1) is 13.7. The van der Waals surface area contributed by atoms with E-state index in [9.17, 15) is 4.39 Å². The van der Waals surface area contributed by atoms with Crippen molar-refractivity contribution < 1.29 is 4.39 Å². The van der Waals surface area contributed by atoms with Gasteiger partial charge in [-0.05, 0) is 59.0 Å². The van der Waals surface area contributed by atoms with Crippen molar-refractivity contribution in [1.29, 1.82) is 0 Å². The molecule has 0 aliphatic rings. The minimum Gasteiger partial charge on any atom is -0.271 e. The number of thiophene rings is 1. The van der Waals surface area contributed by atoms with Crippen molar-refractivity contribution in [2.45, 2.75) is 18.9 Å². The minimum atomic E-state index is -0.246. The summed E-state index contributed by atoms with van der Waals surface area (Å²) >= 11 is 5.11. The molecule has 3 N–H and O–H groups in total. The van der Waals surface area contributed by atoms with E-state index in [1.807, 2.05) is 0 Å². The summed E-state index contributed by atoms with van der Waals surface area (Å²) in [5.74, 6) is 5.33. The SMILES string of the molecule is NNC(CCc1ccsc1)c1cc(F)ccc1Br. The van der Waals surface area contributed by atoms with Crippen molar-refractivity contribution in [3.05, 3.63) is 56.4 Å². The Morgan fingerprint density at radius 2 is 2.22 bits per heavy atom. The number of rotatable bonds is 5. The molecule has 2 nitrogen and oxygen atoms in total. The second-order valence-electron chi connectivity index (χ2n) is 4.06. The van der Waals surface area contributed by atoms with Crippen LogP contribution in [0.3, 0.4) is 0 Å². The highest BCUT2D eigenvalue weighted by atomic mass is 79.9. The summed E-state index contributed by atoms with van der Waals surface area (Å²) in [5, 5.41) is 4.17. The van der Waals surface area contributed by atoms with Crippen LogP contribution < -0.4 is 11.3 Å². The molecule has 0 saturated carbocycles. The third-order valence-electron chi connectivity index (χ3n) is 2.84. The van der Waals surface area contributed by atoms with Crippen LogP contribution in [0, 0.1) is 5.82 Å². The molecule has 96 valence electrons. The average Bonchev–Trinajstić information content (AvgIpc) is 2.87. The standard InChI is InChI=1S/C13H14BrFN2S/c14-12-3-2-10(15)7-11(12)13(17-16)4-1-9-5-6-18-8-9/h2-3,5-8,13,17H,1,4,16H2. The Labute approximate surface area is 118 Å². The molecule has 0 radical (unpaired) electrons. The van der Waals surface area contributed by atoms with Gasteiger partial charge in [-0.2, -0.15) is 11.3 Å². The highest BCUT2D eigenvalue weighted by Crippen LogP contribution is 2.27. The number of benzene rings is 1. The van der Waals surface area contributed by atoms with Gasteiger partial charge in [0.25, 0.3) is 0 Å². The Hall–Kier alpha value is -0.750. The number of hydrogen-bond acceptors (Lipinski definition) is 3. The van der Waals surface area contributed by atoms with Gasteiger partial charge in [-0.1, -0.05) is 15.9 Å². The van der Waals surface area contributed by atoms with Gasteiger partial charge in [0.1, 0.15) is 5.82 Å². The van der Waals surface area contributed by atoms with E-state index in [0.29, 0.717) is 0 Å². The normalized spacial score (nSPS) is 12.6. The number of hydrogen-bond donors (Lipinski definition) is 2. The Morgan fingerprint density at radius 1 is 1.39 bits per heavy atom. The maximum absolute atomic E-state index is 13.3. The zero-order valence-electron chi connectivity index (χ0n) is 9.70. The molecular weight excluding hydrogens is 315 g/mol. The maximum atomic E-state index is 13.3. The lowest BCUT2D eigenvalue weighted by molar-refractivity contribution is 0.510. The number of aryl methyl sites for hydroxylation is 1. The summed E-state index contributed by atoms with van der Waals surface area (Å²) in [6.45, 7) is 0. The van der Waals surface area contributed by atoms with Crippen LogP contribution >= 0.6 is 27.3 Å². The highest BCUT2D eigenvalue weighted by molar-refractivity contribution is 9.10. The Bertz CT molecular complexity index is 502. The summed E-state index contributed by atoms with van der Waals surface area (Å²) in [4.78, 5) is 0. The van der Waals surface area contributed by atoms with Crippen molar-refractivity contribution >= 4 is 27.3 Å². The molecule has 0 aliphatic heterocycles. The molecule has 1 heterocycles. The smallest absolute Gasteiger partial charge is 0.123 e. The molecule has 1 aromatic heterocycles. The van der Waals surface area contributed by atoms with Crippen LogP contribution in [0.15, 0.2) is 39.5 Å². The van der Waals surface area contributed by atoms with E-state index in [1.165, 1.54) is 17.7 Å². The van der Waals surface area contributed by atoms with E-state index in [2.05, 4.69) is 38.2 Å². The second kappa shape index (κ2) is 6.43. The molecule has 0 bridgehead atoms. The lowest BCUT2D eigenvalue weighted by atomic mass is 10.0. The lowest BCUT2D eigenvalue weighted by Gasteiger charge is -2.17. The summed E-state index contributed by atoms with van der Waals surface area (Å²) in [6, 6.07) is 6.69. The first-order valence-corrected chi connectivity index (χ1v) is 7.36. The number of nitrogens with two attached hydrogens (primary N) is 1. The van der Waals surface area contributed by atoms with Crippen LogP contribution in [0.4, 0.5) is 4.39 Å². The fourth-order valence-corrected chi connectivity index (χ4v) is 3.08. The van der Waals surface area contributed by atoms with Gasteiger partial charge < -0.3 is 0 Å². The van der Waals surface area contributed by atoms with Crippen molar-refractivity contribution in [2.75, 3.05) is 0 Å². The molecular formula is C13H14BrFN2S. The Kier molecular flexibility index (Phi) is 4.88. The van der Waals surface area contributed by atoms with Crippen molar-refractivity contribution in [1.82, 2.24) is 5.43 Å². The van der Waals surface area contributed by atoms with Gasteiger partial charge in [0, 0.05) is 10.5 Å². The van der Waals surface area contributed by atoms with Crippen LogP contribution in [-0.2, 0) is 6.42 Å². The quantitative estimate of drug-likeness (QED) is 0.647. The van der Waals surface area contributed by atoms with Gasteiger partial charge in [-0.25, -0.2) is 4.39 Å². The summed E-state index contributed by atoms with van der Waals surface area (Å²) in [7, 11) is 0. The molecule has 1 unspecified atom stereocenters. The third-order valence-corrected chi connectivity index (χ3v) is 4.29. The average molecular weight is 329 g/mol. The molecule has 0 spiro atoms. The summed E-state index contributed by atoms with van der Waals surface area (Å²) in [6.07, 6.45) is 1.75. The fourth-order valence-electron chi connectivity index (χ4n) is 1.86. The van der Waals surface area contributed by atoms with E-state index < -0.39 is 0 Å². The van der Waals surface area contributed by atoms with Crippen molar-refractivity contribution in [3.8, 4) is 0 Å². The van der Waals surface area contributed by atoms with E-state index in [-0.39, 0.29) is 11.9 Å². The molecule has 0 amide bonds. The van der Waals surface area contributed by atoms with E-state index in [0.717, 1.165) is 22.9 Å². The van der Waals surface area contributed by atoms with E-state index in [4.69, 9.17) is 5.84 Å². The topological polar surface area (TPSA) is 38.0 Å². The summed E-state index contributed by atoms with van der Waals surface area (Å²) in [5.41, 5.74) is 4.89. The maximum Gasteiger partial charge on any atom is 0.123 e. The third kappa shape index (κ3) is 3.38. The lowest BCUT2D eigenvalue weighted by Crippen LogP contribution is -2.28. The van der Waals surface area contributed by atoms with Gasteiger partial charge >= 0.3 is 0 Å². The van der Waals surface area contributed by atoms with Gasteiger partial charge in [-0.15, -0.1) is 0 Å². The van der Waals surface area contributed by atoms with Crippen LogP contribution in [0.5, 0.6) is 0 Å². The second-order valence-corrected chi connectivity index (χ2v) is 5.69. The molecule has 18 heavy (non-hydrogen) atoms. The monoisotopic (exact) mass is 328 g/mol. The Balaban J connectivity index is 2.10. The first-order chi connectivity index (χ1) is 8.70. The van der Waals surface area contributed by atoms with E-state index >= 15 is 0 Å². The minimum absolute atomic E-state index is 0.0602. The van der Waals surface area contributed by atoms with Crippen LogP contribution in [0.2, 0.25) is 0 Å². The predicted octanol–water partition coefficient (Wildman–Crippen LogP) is 3.79. The largest absolute Gasteiger partial charge is 0.271 e. The van der Waals surface area contributed by atoms with Crippen LogP contribution in [0.25, 0.3) is 0 Å². The fraction of sp³-hybridized carbons (Fsp3) is 0.231. The van der Waals surface area contributed by atoms with E-state index in [1.54, 1.807) is 17.4 Å². The number of nitrogens with one attached hydrogen (secondary N) is 1. The number of halogens is 2. The first-order valence-electron chi connectivity index (χ1n) is 5.63. The zero-order valence-corrected chi connectivity index (χ0v) is 12.1. The molecule has 1 atom stereocenters. The molecule has 0 saturated heterocycles. The molecule has 5 heteroatoms. The van der Waals surface area contributed by atoms with Gasteiger partial charge in [0.05, 0.1) is 0 Å². The highest BCUT2D eigenvalue weighted by Gasteiger charge is 2.14. The Morgan fingerprint density at radius 3 is 2.89 bits per heavy atom. The summed E-state index contributed by atoms with van der Waals surface area (Å²) < 4.78 is 14.1. The molecule has 2 rings (SSSR count).